The van der Waals surface area contributed by atoms with Gasteiger partial charge in [-0.3, -0.25) is 4.79 Å². The monoisotopic (exact) mass is 314 g/mol. The Labute approximate surface area is 138 Å². The van der Waals surface area contributed by atoms with Crippen molar-refractivity contribution in [3.63, 3.8) is 0 Å². The second kappa shape index (κ2) is 7.28. The van der Waals surface area contributed by atoms with E-state index in [9.17, 15) is 4.79 Å². The molecule has 0 bridgehead atoms. The summed E-state index contributed by atoms with van der Waals surface area (Å²) >= 11 is 0. The standard InChI is InChI=1S/C19H26N2O2/c1-15-2-4-17(5-3-15)19(8-12-23-13-9-19)18(22)21-14-16-6-10-20-11-7-16/h2-6,20H,7-14H2,1H3,(H,21,22). The summed E-state index contributed by atoms with van der Waals surface area (Å²) in [5.74, 6) is 0.143. The summed E-state index contributed by atoms with van der Waals surface area (Å²) in [5, 5.41) is 6.48. The minimum absolute atomic E-state index is 0.143. The highest BCUT2D eigenvalue weighted by Crippen LogP contribution is 2.35. The third-order valence-corrected chi connectivity index (χ3v) is 5.02. The summed E-state index contributed by atoms with van der Waals surface area (Å²) in [7, 11) is 0. The van der Waals surface area contributed by atoms with Gasteiger partial charge in [-0.25, -0.2) is 0 Å². The lowest BCUT2D eigenvalue weighted by Gasteiger charge is -2.36. The number of aryl methyl sites for hydroxylation is 1. The molecule has 0 aliphatic carbocycles. The number of carbonyl (C=O) groups excluding carboxylic acids is 1. The van der Waals surface area contributed by atoms with Gasteiger partial charge in [0.1, 0.15) is 0 Å². The molecule has 1 amide bonds. The van der Waals surface area contributed by atoms with E-state index >= 15 is 0 Å². The molecule has 4 heteroatoms. The number of hydrogen-bond acceptors (Lipinski definition) is 3. The Kier molecular flexibility index (Phi) is 5.13. The molecule has 2 heterocycles. The lowest BCUT2D eigenvalue weighted by Crippen LogP contribution is -2.48. The summed E-state index contributed by atoms with van der Waals surface area (Å²) in [5.41, 5.74) is 3.21. The first kappa shape index (κ1) is 16.2. The Morgan fingerprint density at radius 3 is 2.65 bits per heavy atom. The summed E-state index contributed by atoms with van der Waals surface area (Å²) in [4.78, 5) is 13.0. The van der Waals surface area contributed by atoms with Crippen LogP contribution in [0, 0.1) is 6.92 Å². The largest absolute Gasteiger partial charge is 0.381 e. The molecule has 0 atom stereocenters. The van der Waals surface area contributed by atoms with Crippen LogP contribution in [0.15, 0.2) is 35.9 Å². The van der Waals surface area contributed by atoms with Crippen LogP contribution in [-0.2, 0) is 14.9 Å². The fraction of sp³-hybridized carbons (Fsp3) is 0.526. The SMILES string of the molecule is Cc1ccc(C2(C(=O)NCC3=CCNCC3)CCOCC2)cc1. The molecular formula is C19H26N2O2. The van der Waals surface area contributed by atoms with E-state index in [1.807, 2.05) is 0 Å². The summed E-state index contributed by atoms with van der Waals surface area (Å²) < 4.78 is 5.51. The van der Waals surface area contributed by atoms with Gasteiger partial charge in [0.05, 0.1) is 5.41 Å². The van der Waals surface area contributed by atoms with Crippen molar-refractivity contribution in [2.75, 3.05) is 32.8 Å². The predicted molar refractivity (Wildman–Crippen MR) is 91.5 cm³/mol. The minimum Gasteiger partial charge on any atom is -0.381 e. The Balaban J connectivity index is 1.76. The molecule has 23 heavy (non-hydrogen) atoms. The maximum atomic E-state index is 13.0. The van der Waals surface area contributed by atoms with E-state index in [1.54, 1.807) is 0 Å². The summed E-state index contributed by atoms with van der Waals surface area (Å²) in [6.07, 6.45) is 4.71. The molecule has 1 aromatic rings. The molecule has 0 saturated carbocycles. The van der Waals surface area contributed by atoms with Gasteiger partial charge in [0.15, 0.2) is 0 Å². The minimum atomic E-state index is -0.445. The molecule has 0 aromatic heterocycles. The Hall–Kier alpha value is -1.65. The van der Waals surface area contributed by atoms with E-state index in [-0.39, 0.29) is 5.91 Å². The van der Waals surface area contributed by atoms with E-state index in [0.29, 0.717) is 19.8 Å². The first-order chi connectivity index (χ1) is 11.2. The normalized spacial score (nSPS) is 20.7. The maximum absolute atomic E-state index is 13.0. The van der Waals surface area contributed by atoms with Crippen LogP contribution in [0.2, 0.25) is 0 Å². The second-order valence-electron chi connectivity index (χ2n) is 6.56. The number of ether oxygens (including phenoxy) is 1. The number of carbonyl (C=O) groups is 1. The first-order valence-corrected chi connectivity index (χ1v) is 8.52. The van der Waals surface area contributed by atoms with Crippen LogP contribution in [0.5, 0.6) is 0 Å². The van der Waals surface area contributed by atoms with Crippen LogP contribution >= 0.6 is 0 Å². The molecule has 0 radical (unpaired) electrons. The molecule has 0 unspecified atom stereocenters. The van der Waals surface area contributed by atoms with E-state index in [1.165, 1.54) is 11.1 Å². The zero-order chi connectivity index (χ0) is 16.1. The van der Waals surface area contributed by atoms with Crippen molar-refractivity contribution in [2.24, 2.45) is 0 Å². The van der Waals surface area contributed by atoms with Crippen molar-refractivity contribution in [2.45, 2.75) is 31.6 Å². The van der Waals surface area contributed by atoms with Crippen LogP contribution in [0.3, 0.4) is 0 Å². The van der Waals surface area contributed by atoms with Crippen LogP contribution in [-0.4, -0.2) is 38.8 Å². The van der Waals surface area contributed by atoms with Crippen LogP contribution in [0.4, 0.5) is 0 Å². The number of rotatable bonds is 4. The quantitative estimate of drug-likeness (QED) is 0.837. The van der Waals surface area contributed by atoms with Crippen molar-refractivity contribution in [1.29, 1.82) is 0 Å². The fourth-order valence-electron chi connectivity index (χ4n) is 3.43. The Bertz CT molecular complexity index is 572. The van der Waals surface area contributed by atoms with Crippen molar-refractivity contribution >= 4 is 5.91 Å². The molecule has 4 nitrogen and oxygen atoms in total. The molecular weight excluding hydrogens is 288 g/mol. The first-order valence-electron chi connectivity index (χ1n) is 8.52. The van der Waals surface area contributed by atoms with Gasteiger partial charge in [-0.1, -0.05) is 41.5 Å². The van der Waals surface area contributed by atoms with Crippen molar-refractivity contribution in [3.05, 3.63) is 47.0 Å². The molecule has 1 saturated heterocycles. The maximum Gasteiger partial charge on any atom is 0.231 e. The fourth-order valence-corrected chi connectivity index (χ4v) is 3.43. The average molecular weight is 314 g/mol. The number of amides is 1. The van der Waals surface area contributed by atoms with E-state index in [2.05, 4.69) is 47.9 Å². The molecule has 2 aliphatic heterocycles. The van der Waals surface area contributed by atoms with Crippen LogP contribution in [0.1, 0.15) is 30.4 Å². The number of nitrogens with one attached hydrogen (secondary N) is 2. The lowest BCUT2D eigenvalue weighted by atomic mass is 9.73. The lowest BCUT2D eigenvalue weighted by molar-refractivity contribution is -0.130. The third-order valence-electron chi connectivity index (χ3n) is 5.02. The third kappa shape index (κ3) is 3.65. The van der Waals surface area contributed by atoms with E-state index in [0.717, 1.165) is 37.9 Å². The Morgan fingerprint density at radius 2 is 2.00 bits per heavy atom. The van der Waals surface area contributed by atoms with Gasteiger partial charge in [-0.15, -0.1) is 0 Å². The predicted octanol–water partition coefficient (Wildman–Crippen LogP) is 2.08. The van der Waals surface area contributed by atoms with Crippen molar-refractivity contribution < 1.29 is 9.53 Å². The molecule has 2 aliphatic rings. The molecule has 3 rings (SSSR count). The second-order valence-corrected chi connectivity index (χ2v) is 6.56. The van der Waals surface area contributed by atoms with Gasteiger partial charge in [0, 0.05) is 26.3 Å². The molecule has 0 spiro atoms. The van der Waals surface area contributed by atoms with Gasteiger partial charge in [-0.05, 0) is 38.3 Å². The van der Waals surface area contributed by atoms with Crippen LogP contribution < -0.4 is 10.6 Å². The van der Waals surface area contributed by atoms with Crippen molar-refractivity contribution in [3.8, 4) is 0 Å². The summed E-state index contributed by atoms with van der Waals surface area (Å²) in [6.45, 7) is 5.93. The zero-order valence-electron chi connectivity index (χ0n) is 13.9. The van der Waals surface area contributed by atoms with Gasteiger partial charge < -0.3 is 15.4 Å². The van der Waals surface area contributed by atoms with E-state index in [4.69, 9.17) is 4.74 Å². The van der Waals surface area contributed by atoms with Gasteiger partial charge in [-0.2, -0.15) is 0 Å². The van der Waals surface area contributed by atoms with Gasteiger partial charge in [0.25, 0.3) is 0 Å². The zero-order valence-corrected chi connectivity index (χ0v) is 13.9. The topological polar surface area (TPSA) is 50.4 Å². The molecule has 1 aromatic carbocycles. The smallest absolute Gasteiger partial charge is 0.231 e. The number of hydrogen-bond donors (Lipinski definition) is 2. The Morgan fingerprint density at radius 1 is 1.26 bits per heavy atom. The van der Waals surface area contributed by atoms with Gasteiger partial charge in [0.2, 0.25) is 5.91 Å². The highest BCUT2D eigenvalue weighted by molar-refractivity contribution is 5.88. The van der Waals surface area contributed by atoms with Crippen molar-refractivity contribution in [1.82, 2.24) is 10.6 Å². The van der Waals surface area contributed by atoms with Gasteiger partial charge >= 0.3 is 0 Å². The molecule has 1 fully saturated rings. The summed E-state index contributed by atoms with van der Waals surface area (Å²) in [6, 6.07) is 8.39. The molecule has 124 valence electrons. The van der Waals surface area contributed by atoms with Crippen LogP contribution in [0.25, 0.3) is 0 Å². The highest BCUT2D eigenvalue weighted by Gasteiger charge is 2.41. The average Bonchev–Trinajstić information content (AvgIpc) is 2.61. The van der Waals surface area contributed by atoms with E-state index < -0.39 is 5.41 Å². The highest BCUT2D eigenvalue weighted by atomic mass is 16.5. The number of benzene rings is 1. The molecule has 2 N–H and O–H groups in total.